The molecule has 1 rings (SSSR count). The van der Waals surface area contributed by atoms with Crippen LogP contribution in [0.1, 0.15) is 6.92 Å². The lowest BCUT2D eigenvalue weighted by Crippen LogP contribution is -2.32. The van der Waals surface area contributed by atoms with Crippen LogP contribution in [0.4, 0.5) is 17.6 Å². The Kier molecular flexibility index (Phi) is 3.96. The van der Waals surface area contributed by atoms with Crippen molar-refractivity contribution in [1.82, 2.24) is 0 Å². The lowest BCUT2D eigenvalue weighted by atomic mass is 10.3. The average molecular weight is 271 g/mol. The van der Waals surface area contributed by atoms with Crippen LogP contribution in [0.2, 0.25) is 0 Å². The minimum atomic E-state index is -5.08. The van der Waals surface area contributed by atoms with Crippen LogP contribution >= 0.6 is 7.60 Å². The monoisotopic (exact) mass is 271 g/mol. The lowest BCUT2D eigenvalue weighted by molar-refractivity contribution is -0.231. The van der Waals surface area contributed by atoms with E-state index in [1.807, 2.05) is 0 Å². The molecule has 0 N–H and O–H groups in total. The van der Waals surface area contributed by atoms with E-state index in [2.05, 4.69) is 4.52 Å². The predicted octanol–water partition coefficient (Wildman–Crippen LogP) is 1.97. The summed E-state index contributed by atoms with van der Waals surface area (Å²) < 4.78 is 64.7. The quantitative estimate of drug-likeness (QED) is 0.623. The molecule has 0 spiro atoms. The first kappa shape index (κ1) is 14.2. The van der Waals surface area contributed by atoms with Crippen molar-refractivity contribution < 1.29 is 31.5 Å². The van der Waals surface area contributed by atoms with Crippen LogP contribution in [-0.2, 0) is 9.09 Å². The van der Waals surface area contributed by atoms with Gasteiger partial charge in [0.1, 0.15) is 5.82 Å². The van der Waals surface area contributed by atoms with E-state index < -0.39 is 31.0 Å². The molecule has 1 aromatic carbocycles. The van der Waals surface area contributed by atoms with E-state index in [1.165, 1.54) is 12.1 Å². The maximum Gasteiger partial charge on any atom is 0.414 e. The van der Waals surface area contributed by atoms with Gasteiger partial charge in [0.15, 0.2) is 13.7 Å². The summed E-state index contributed by atoms with van der Waals surface area (Å²) in [5.41, 5.74) is 0. The first-order chi connectivity index (χ1) is 7.64. The van der Waals surface area contributed by atoms with Gasteiger partial charge in [0, 0.05) is 0 Å². The summed E-state index contributed by atoms with van der Waals surface area (Å²) in [4.78, 5) is 11.4. The maximum atomic E-state index is 13.1. The fourth-order valence-corrected chi connectivity index (χ4v) is 2.25. The summed E-state index contributed by atoms with van der Waals surface area (Å²) >= 11 is 0. The van der Waals surface area contributed by atoms with Crippen molar-refractivity contribution >= 4 is 12.9 Å². The molecule has 17 heavy (non-hydrogen) atoms. The molecular formula is C9H8F4O3P-. The Bertz CT molecular complexity index is 446. The van der Waals surface area contributed by atoms with E-state index in [0.29, 0.717) is 6.92 Å². The molecule has 2 atom stereocenters. The highest BCUT2D eigenvalue weighted by Crippen LogP contribution is 2.41. The Labute approximate surface area is 94.6 Å². The van der Waals surface area contributed by atoms with E-state index in [9.17, 15) is 27.0 Å². The van der Waals surface area contributed by atoms with Crippen molar-refractivity contribution in [2.24, 2.45) is 0 Å². The zero-order chi connectivity index (χ0) is 13.3. The fourth-order valence-electron chi connectivity index (χ4n) is 0.999. The molecule has 0 saturated heterocycles. The Morgan fingerprint density at radius 2 is 1.88 bits per heavy atom. The van der Waals surface area contributed by atoms with Gasteiger partial charge in [-0.2, -0.15) is 13.2 Å². The molecule has 1 aromatic rings. The van der Waals surface area contributed by atoms with Gasteiger partial charge in [-0.05, 0) is 19.1 Å². The van der Waals surface area contributed by atoms with Crippen LogP contribution in [-0.4, -0.2) is 12.3 Å². The number of halogens is 4. The van der Waals surface area contributed by atoms with Crippen molar-refractivity contribution in [3.05, 3.63) is 30.1 Å². The van der Waals surface area contributed by atoms with Gasteiger partial charge in [0.2, 0.25) is 0 Å². The van der Waals surface area contributed by atoms with Crippen molar-refractivity contribution in [3.63, 3.8) is 0 Å². The molecule has 0 aliphatic carbocycles. The SMILES string of the molecule is CC(OP(=O)([O-])c1ccccc1F)C(F)(F)F. The fraction of sp³-hybridized carbons (Fsp3) is 0.333. The van der Waals surface area contributed by atoms with Gasteiger partial charge in [-0.15, -0.1) is 0 Å². The van der Waals surface area contributed by atoms with Gasteiger partial charge in [-0.3, -0.25) is 0 Å². The molecule has 96 valence electrons. The highest BCUT2D eigenvalue weighted by molar-refractivity contribution is 7.59. The Balaban J connectivity index is 2.98. The molecule has 0 aromatic heterocycles. The van der Waals surface area contributed by atoms with Crippen LogP contribution in [0.3, 0.4) is 0 Å². The highest BCUT2D eigenvalue weighted by atomic mass is 31.2. The second-order valence-electron chi connectivity index (χ2n) is 3.24. The van der Waals surface area contributed by atoms with E-state index in [-0.39, 0.29) is 0 Å². The summed E-state index contributed by atoms with van der Waals surface area (Å²) in [6.45, 7) is 0.533. The number of hydrogen-bond donors (Lipinski definition) is 0. The van der Waals surface area contributed by atoms with Crippen molar-refractivity contribution in [3.8, 4) is 0 Å². The molecule has 0 amide bonds. The molecule has 0 bridgehead atoms. The highest BCUT2D eigenvalue weighted by Gasteiger charge is 2.39. The van der Waals surface area contributed by atoms with Crippen LogP contribution in [0.25, 0.3) is 0 Å². The van der Waals surface area contributed by atoms with Gasteiger partial charge < -0.3 is 14.0 Å². The summed E-state index contributed by atoms with van der Waals surface area (Å²) in [6.07, 6.45) is -7.35. The predicted molar refractivity (Wildman–Crippen MR) is 50.2 cm³/mol. The van der Waals surface area contributed by atoms with Crippen molar-refractivity contribution in [1.29, 1.82) is 0 Å². The van der Waals surface area contributed by atoms with Crippen LogP contribution < -0.4 is 10.2 Å². The second kappa shape index (κ2) is 4.76. The zero-order valence-electron chi connectivity index (χ0n) is 8.57. The molecule has 0 heterocycles. The maximum absolute atomic E-state index is 13.1. The molecule has 0 aliphatic rings. The first-order valence-electron chi connectivity index (χ1n) is 4.46. The minimum Gasteiger partial charge on any atom is -0.775 e. The molecule has 8 heteroatoms. The van der Waals surface area contributed by atoms with Gasteiger partial charge in [-0.1, -0.05) is 12.1 Å². The van der Waals surface area contributed by atoms with E-state index in [0.717, 1.165) is 12.1 Å². The first-order valence-corrected chi connectivity index (χ1v) is 6.00. The molecule has 0 fully saturated rings. The Morgan fingerprint density at radius 1 is 1.35 bits per heavy atom. The van der Waals surface area contributed by atoms with Gasteiger partial charge in [-0.25, -0.2) is 4.39 Å². The minimum absolute atomic E-state index is 0.533. The molecule has 0 saturated carbocycles. The van der Waals surface area contributed by atoms with E-state index >= 15 is 0 Å². The number of alkyl halides is 3. The molecule has 2 unspecified atom stereocenters. The second-order valence-corrected chi connectivity index (χ2v) is 4.93. The summed E-state index contributed by atoms with van der Waals surface area (Å²) in [6, 6.07) is 4.06. The average Bonchev–Trinajstić information content (AvgIpc) is 2.15. The number of benzene rings is 1. The third-order valence-electron chi connectivity index (χ3n) is 1.91. The standard InChI is InChI=1S/C9H9F4O3P/c1-6(9(11,12)13)16-17(14,15)8-5-3-2-4-7(8)10/h2-6H,1H3,(H,14,15)/p-1. The van der Waals surface area contributed by atoms with Gasteiger partial charge in [0.05, 0.1) is 5.30 Å². The lowest BCUT2D eigenvalue weighted by Gasteiger charge is -2.28. The summed E-state index contributed by atoms with van der Waals surface area (Å²) in [5.74, 6) is -1.15. The summed E-state index contributed by atoms with van der Waals surface area (Å²) in [7, 11) is -5.08. The van der Waals surface area contributed by atoms with Crippen LogP contribution in [0.15, 0.2) is 24.3 Å². The van der Waals surface area contributed by atoms with E-state index in [4.69, 9.17) is 0 Å². The number of hydrogen-bond acceptors (Lipinski definition) is 3. The third kappa shape index (κ3) is 3.52. The summed E-state index contributed by atoms with van der Waals surface area (Å²) in [5, 5.41) is -0.892. The topological polar surface area (TPSA) is 49.4 Å². The normalized spacial score (nSPS) is 17.5. The van der Waals surface area contributed by atoms with Crippen LogP contribution in [0, 0.1) is 5.82 Å². The number of rotatable bonds is 3. The van der Waals surface area contributed by atoms with Crippen molar-refractivity contribution in [2.45, 2.75) is 19.2 Å². The Hall–Kier alpha value is -0.910. The molecular weight excluding hydrogens is 263 g/mol. The van der Waals surface area contributed by atoms with Gasteiger partial charge >= 0.3 is 6.18 Å². The molecule has 3 nitrogen and oxygen atoms in total. The molecule has 0 aliphatic heterocycles. The third-order valence-corrected chi connectivity index (χ3v) is 3.45. The molecule has 0 radical (unpaired) electrons. The Morgan fingerprint density at radius 3 is 2.35 bits per heavy atom. The van der Waals surface area contributed by atoms with Crippen molar-refractivity contribution in [2.75, 3.05) is 0 Å². The zero-order valence-corrected chi connectivity index (χ0v) is 9.46. The smallest absolute Gasteiger partial charge is 0.414 e. The van der Waals surface area contributed by atoms with E-state index in [1.54, 1.807) is 0 Å². The van der Waals surface area contributed by atoms with Crippen LogP contribution in [0.5, 0.6) is 0 Å². The largest absolute Gasteiger partial charge is 0.775 e. The van der Waals surface area contributed by atoms with Gasteiger partial charge in [0.25, 0.3) is 0 Å².